The van der Waals surface area contributed by atoms with Gasteiger partial charge in [-0.15, -0.1) is 0 Å². The molecule has 6 heteroatoms. The third-order valence-electron chi connectivity index (χ3n) is 3.57. The van der Waals surface area contributed by atoms with Gasteiger partial charge in [0.05, 0.1) is 12.3 Å². The van der Waals surface area contributed by atoms with Gasteiger partial charge in [-0.1, -0.05) is 12.1 Å². The second kappa shape index (κ2) is 7.44. The molecule has 3 rings (SSSR count). The maximum atomic E-state index is 11.9. The number of carbonyl (C=O) groups excluding carboxylic acids is 1. The van der Waals surface area contributed by atoms with Crippen LogP contribution in [-0.2, 0) is 4.74 Å². The SMILES string of the molecule is CCOC(=O)c1cc(-c2ccnc(/C=C/c3cccnc3)c2)[nH]c1N. The van der Waals surface area contributed by atoms with Crippen LogP contribution in [0.1, 0.15) is 28.5 Å². The monoisotopic (exact) mass is 334 g/mol. The molecule has 0 aliphatic heterocycles. The van der Waals surface area contributed by atoms with Crippen LogP contribution in [0.3, 0.4) is 0 Å². The topological polar surface area (TPSA) is 93.9 Å². The summed E-state index contributed by atoms with van der Waals surface area (Å²) < 4.78 is 5.00. The van der Waals surface area contributed by atoms with E-state index in [0.29, 0.717) is 12.2 Å². The number of anilines is 1. The van der Waals surface area contributed by atoms with Gasteiger partial charge in [-0.2, -0.15) is 0 Å². The summed E-state index contributed by atoms with van der Waals surface area (Å²) in [6.07, 6.45) is 9.05. The van der Waals surface area contributed by atoms with Gasteiger partial charge in [0.25, 0.3) is 0 Å². The molecule has 0 unspecified atom stereocenters. The average molecular weight is 334 g/mol. The highest BCUT2D eigenvalue weighted by Crippen LogP contribution is 2.24. The molecule has 0 amide bonds. The molecule has 126 valence electrons. The summed E-state index contributed by atoms with van der Waals surface area (Å²) in [4.78, 5) is 23.3. The molecule has 0 bridgehead atoms. The van der Waals surface area contributed by atoms with Crippen molar-refractivity contribution < 1.29 is 9.53 Å². The summed E-state index contributed by atoms with van der Waals surface area (Å²) in [7, 11) is 0. The first-order valence-electron chi connectivity index (χ1n) is 7.87. The molecule has 0 fully saturated rings. The molecule has 0 aliphatic carbocycles. The van der Waals surface area contributed by atoms with Gasteiger partial charge in [0.1, 0.15) is 11.4 Å². The van der Waals surface area contributed by atoms with E-state index in [2.05, 4.69) is 15.0 Å². The van der Waals surface area contributed by atoms with E-state index in [0.717, 1.165) is 22.5 Å². The van der Waals surface area contributed by atoms with Crippen LogP contribution in [0, 0.1) is 0 Å². The van der Waals surface area contributed by atoms with Gasteiger partial charge >= 0.3 is 5.97 Å². The van der Waals surface area contributed by atoms with Crippen LogP contribution in [0.2, 0.25) is 0 Å². The van der Waals surface area contributed by atoms with Crippen molar-refractivity contribution in [3.05, 3.63) is 65.7 Å². The normalized spacial score (nSPS) is 10.9. The number of nitrogens with zero attached hydrogens (tertiary/aromatic N) is 2. The maximum Gasteiger partial charge on any atom is 0.341 e. The Morgan fingerprint density at radius 2 is 2.16 bits per heavy atom. The standard InChI is InChI=1S/C19H18N4O2/c1-2-25-19(24)16-11-17(23-18(16)20)14-7-9-22-15(10-14)6-5-13-4-3-8-21-12-13/h3-12,23H,2,20H2,1H3/b6-5+. The Hall–Kier alpha value is -3.41. The predicted octanol–water partition coefficient (Wildman–Crippen LogP) is 3.40. The van der Waals surface area contributed by atoms with Crippen molar-refractivity contribution in [1.29, 1.82) is 0 Å². The number of hydrogen-bond acceptors (Lipinski definition) is 5. The summed E-state index contributed by atoms with van der Waals surface area (Å²) in [5.41, 5.74) is 9.61. The first kappa shape index (κ1) is 16.4. The molecule has 3 heterocycles. The van der Waals surface area contributed by atoms with E-state index in [4.69, 9.17) is 10.5 Å². The molecular formula is C19H18N4O2. The Morgan fingerprint density at radius 3 is 2.92 bits per heavy atom. The summed E-state index contributed by atoms with van der Waals surface area (Å²) in [6.45, 7) is 2.06. The lowest BCUT2D eigenvalue weighted by Gasteiger charge is -2.00. The first-order chi connectivity index (χ1) is 12.2. The van der Waals surface area contributed by atoms with Crippen molar-refractivity contribution in [3.63, 3.8) is 0 Å². The van der Waals surface area contributed by atoms with Crippen LogP contribution in [0.25, 0.3) is 23.4 Å². The molecule has 0 saturated heterocycles. The van der Waals surface area contributed by atoms with E-state index in [9.17, 15) is 4.79 Å². The van der Waals surface area contributed by atoms with Crippen molar-refractivity contribution >= 4 is 23.9 Å². The van der Waals surface area contributed by atoms with E-state index in [1.165, 1.54) is 0 Å². The van der Waals surface area contributed by atoms with Gasteiger partial charge in [-0.25, -0.2) is 4.79 Å². The molecule has 0 aromatic carbocycles. The molecule has 3 N–H and O–H groups in total. The molecule has 0 saturated carbocycles. The van der Waals surface area contributed by atoms with Gasteiger partial charge in [-0.05, 0) is 42.8 Å². The number of carbonyl (C=O) groups is 1. The number of nitrogens with two attached hydrogens (primary N) is 1. The average Bonchev–Trinajstić information content (AvgIpc) is 3.03. The lowest BCUT2D eigenvalue weighted by atomic mass is 10.1. The van der Waals surface area contributed by atoms with E-state index in [1.54, 1.807) is 31.6 Å². The van der Waals surface area contributed by atoms with Gasteiger partial charge in [-0.3, -0.25) is 9.97 Å². The van der Waals surface area contributed by atoms with Gasteiger partial charge in [0.15, 0.2) is 0 Å². The molecular weight excluding hydrogens is 316 g/mol. The van der Waals surface area contributed by atoms with E-state index < -0.39 is 5.97 Å². The van der Waals surface area contributed by atoms with Crippen LogP contribution in [0.4, 0.5) is 5.82 Å². The van der Waals surface area contributed by atoms with Crippen LogP contribution in [-0.4, -0.2) is 27.5 Å². The maximum absolute atomic E-state index is 11.9. The van der Waals surface area contributed by atoms with Crippen LogP contribution < -0.4 is 5.73 Å². The number of rotatable bonds is 5. The molecule has 0 radical (unpaired) electrons. The molecule has 0 spiro atoms. The lowest BCUT2D eigenvalue weighted by Crippen LogP contribution is -2.05. The van der Waals surface area contributed by atoms with E-state index in [-0.39, 0.29) is 5.82 Å². The zero-order valence-electron chi connectivity index (χ0n) is 13.8. The van der Waals surface area contributed by atoms with Crippen molar-refractivity contribution in [3.8, 4) is 11.3 Å². The molecule has 25 heavy (non-hydrogen) atoms. The van der Waals surface area contributed by atoms with Crippen molar-refractivity contribution in [2.24, 2.45) is 0 Å². The van der Waals surface area contributed by atoms with Gasteiger partial charge in [0.2, 0.25) is 0 Å². The largest absolute Gasteiger partial charge is 0.462 e. The molecule has 0 atom stereocenters. The highest BCUT2D eigenvalue weighted by Gasteiger charge is 2.15. The smallest absolute Gasteiger partial charge is 0.341 e. The second-order valence-corrected chi connectivity index (χ2v) is 5.32. The summed E-state index contributed by atoms with van der Waals surface area (Å²) in [6, 6.07) is 9.29. The van der Waals surface area contributed by atoms with Crippen LogP contribution in [0.15, 0.2) is 48.9 Å². The summed E-state index contributed by atoms with van der Waals surface area (Å²) in [5, 5.41) is 0. The fourth-order valence-electron chi connectivity index (χ4n) is 2.37. The number of H-pyrrole nitrogens is 1. The van der Waals surface area contributed by atoms with Gasteiger partial charge in [0, 0.05) is 29.8 Å². The molecule has 3 aromatic rings. The number of nitrogen functional groups attached to an aromatic ring is 1. The number of nitrogens with one attached hydrogen (secondary N) is 1. The predicted molar refractivity (Wildman–Crippen MR) is 97.6 cm³/mol. The lowest BCUT2D eigenvalue weighted by molar-refractivity contribution is 0.0528. The number of ether oxygens (including phenoxy) is 1. The van der Waals surface area contributed by atoms with Crippen LogP contribution in [0.5, 0.6) is 0 Å². The van der Waals surface area contributed by atoms with E-state index >= 15 is 0 Å². The molecule has 6 nitrogen and oxygen atoms in total. The van der Waals surface area contributed by atoms with E-state index in [1.807, 2.05) is 36.4 Å². The Kier molecular flexibility index (Phi) is 4.89. The minimum Gasteiger partial charge on any atom is -0.462 e. The fraction of sp³-hybridized carbons (Fsp3) is 0.105. The van der Waals surface area contributed by atoms with Crippen molar-refractivity contribution in [2.75, 3.05) is 12.3 Å². The quantitative estimate of drug-likeness (QED) is 0.697. The first-order valence-corrected chi connectivity index (χ1v) is 7.87. The van der Waals surface area contributed by atoms with Gasteiger partial charge < -0.3 is 15.5 Å². The van der Waals surface area contributed by atoms with Crippen LogP contribution >= 0.6 is 0 Å². The Morgan fingerprint density at radius 1 is 1.28 bits per heavy atom. The highest BCUT2D eigenvalue weighted by atomic mass is 16.5. The van der Waals surface area contributed by atoms with Crippen molar-refractivity contribution in [1.82, 2.24) is 15.0 Å². The summed E-state index contributed by atoms with van der Waals surface area (Å²) >= 11 is 0. The summed E-state index contributed by atoms with van der Waals surface area (Å²) in [5.74, 6) is -0.147. The second-order valence-electron chi connectivity index (χ2n) is 5.32. The number of esters is 1. The Bertz CT molecular complexity index is 901. The minimum atomic E-state index is -0.437. The highest BCUT2D eigenvalue weighted by molar-refractivity contribution is 5.96. The Labute approximate surface area is 145 Å². The zero-order valence-corrected chi connectivity index (χ0v) is 13.8. The molecule has 0 aliphatic rings. The molecule has 3 aromatic heterocycles. The number of aromatic nitrogens is 3. The third kappa shape index (κ3) is 3.92. The number of pyridine rings is 2. The zero-order chi connectivity index (χ0) is 17.6. The van der Waals surface area contributed by atoms with Crippen molar-refractivity contribution in [2.45, 2.75) is 6.92 Å². The number of hydrogen-bond donors (Lipinski definition) is 2. The number of aromatic amines is 1. The third-order valence-corrected chi connectivity index (χ3v) is 3.57. The Balaban J connectivity index is 1.86. The fourth-order valence-corrected chi connectivity index (χ4v) is 2.37. The minimum absolute atomic E-state index is 0.290.